The van der Waals surface area contributed by atoms with Gasteiger partial charge in [0.1, 0.15) is 5.75 Å². The van der Waals surface area contributed by atoms with Crippen molar-refractivity contribution in [2.45, 2.75) is 32.6 Å². The van der Waals surface area contributed by atoms with E-state index in [9.17, 15) is 0 Å². The largest absolute Gasteiger partial charge is 0.493 e. The molecule has 1 spiro atoms. The van der Waals surface area contributed by atoms with Gasteiger partial charge in [0.15, 0.2) is 0 Å². The molecule has 1 atom stereocenters. The molecule has 19 heavy (non-hydrogen) atoms. The SMILES string of the molecule is Cc1c(Br)cccc1OCCC1CC12CCNCC2. The third kappa shape index (κ3) is 2.82. The lowest BCUT2D eigenvalue weighted by Crippen LogP contribution is -2.29. The molecule has 0 amide bonds. The van der Waals surface area contributed by atoms with Gasteiger partial charge >= 0.3 is 0 Å². The predicted molar refractivity (Wildman–Crippen MR) is 81.6 cm³/mol. The van der Waals surface area contributed by atoms with Crippen molar-refractivity contribution in [3.8, 4) is 5.75 Å². The van der Waals surface area contributed by atoms with Gasteiger partial charge in [-0.15, -0.1) is 0 Å². The third-order valence-corrected chi connectivity index (χ3v) is 5.76. The fourth-order valence-corrected chi connectivity index (χ4v) is 3.78. The maximum atomic E-state index is 5.96. The summed E-state index contributed by atoms with van der Waals surface area (Å²) in [4.78, 5) is 0. The summed E-state index contributed by atoms with van der Waals surface area (Å²) < 4.78 is 7.09. The van der Waals surface area contributed by atoms with Crippen LogP contribution in [0.2, 0.25) is 0 Å². The minimum absolute atomic E-state index is 0.681. The van der Waals surface area contributed by atoms with Crippen molar-refractivity contribution in [2.24, 2.45) is 11.3 Å². The van der Waals surface area contributed by atoms with E-state index < -0.39 is 0 Å². The second kappa shape index (κ2) is 5.45. The van der Waals surface area contributed by atoms with Crippen LogP contribution in [0, 0.1) is 18.3 Å². The molecule has 1 N–H and O–H groups in total. The summed E-state index contributed by atoms with van der Waals surface area (Å²) in [5, 5.41) is 3.46. The molecule has 1 saturated heterocycles. The highest BCUT2D eigenvalue weighted by molar-refractivity contribution is 9.10. The van der Waals surface area contributed by atoms with E-state index in [0.717, 1.165) is 22.7 Å². The summed E-state index contributed by atoms with van der Waals surface area (Å²) in [6, 6.07) is 6.16. The molecule has 2 fully saturated rings. The molecule has 3 rings (SSSR count). The van der Waals surface area contributed by atoms with Crippen LogP contribution in [-0.2, 0) is 0 Å². The summed E-state index contributed by atoms with van der Waals surface area (Å²) in [5.74, 6) is 1.93. The van der Waals surface area contributed by atoms with Crippen LogP contribution in [0.4, 0.5) is 0 Å². The Labute approximate surface area is 124 Å². The molecule has 1 unspecified atom stereocenters. The van der Waals surface area contributed by atoms with Crippen LogP contribution in [0.15, 0.2) is 22.7 Å². The van der Waals surface area contributed by atoms with Crippen molar-refractivity contribution in [1.29, 1.82) is 0 Å². The number of rotatable bonds is 4. The van der Waals surface area contributed by atoms with Gasteiger partial charge in [0.2, 0.25) is 0 Å². The lowest BCUT2D eigenvalue weighted by atomic mass is 9.91. The summed E-state index contributed by atoms with van der Waals surface area (Å²) in [5.41, 5.74) is 1.89. The molecule has 2 nitrogen and oxygen atoms in total. The Kier molecular flexibility index (Phi) is 3.86. The maximum absolute atomic E-state index is 5.96. The highest BCUT2D eigenvalue weighted by atomic mass is 79.9. The lowest BCUT2D eigenvalue weighted by Gasteiger charge is -2.23. The Hall–Kier alpha value is -0.540. The molecular weight excluding hydrogens is 302 g/mol. The van der Waals surface area contributed by atoms with Crippen molar-refractivity contribution < 1.29 is 4.74 Å². The zero-order chi connectivity index (χ0) is 13.3. The van der Waals surface area contributed by atoms with Crippen LogP contribution in [-0.4, -0.2) is 19.7 Å². The molecule has 1 aliphatic carbocycles. The smallest absolute Gasteiger partial charge is 0.123 e. The normalized spacial score (nSPS) is 24.4. The van der Waals surface area contributed by atoms with Gasteiger partial charge in [-0.2, -0.15) is 0 Å². The van der Waals surface area contributed by atoms with Crippen molar-refractivity contribution >= 4 is 15.9 Å². The fourth-order valence-electron chi connectivity index (χ4n) is 3.43. The van der Waals surface area contributed by atoms with Crippen molar-refractivity contribution in [3.05, 3.63) is 28.2 Å². The Morgan fingerprint density at radius 3 is 2.95 bits per heavy atom. The van der Waals surface area contributed by atoms with Gasteiger partial charge in [0.25, 0.3) is 0 Å². The minimum Gasteiger partial charge on any atom is -0.493 e. The van der Waals surface area contributed by atoms with Crippen LogP contribution in [0.5, 0.6) is 5.75 Å². The zero-order valence-electron chi connectivity index (χ0n) is 11.5. The van der Waals surface area contributed by atoms with E-state index in [0.29, 0.717) is 5.41 Å². The number of hydrogen-bond acceptors (Lipinski definition) is 2. The van der Waals surface area contributed by atoms with Gasteiger partial charge in [0.05, 0.1) is 6.61 Å². The van der Waals surface area contributed by atoms with Gasteiger partial charge < -0.3 is 10.1 Å². The summed E-state index contributed by atoms with van der Waals surface area (Å²) in [6.07, 6.45) is 5.38. The molecule has 0 bridgehead atoms. The fraction of sp³-hybridized carbons (Fsp3) is 0.625. The molecule has 1 aliphatic heterocycles. The quantitative estimate of drug-likeness (QED) is 0.906. The minimum atomic E-state index is 0.681. The first-order valence-electron chi connectivity index (χ1n) is 7.30. The van der Waals surface area contributed by atoms with Crippen molar-refractivity contribution in [2.75, 3.05) is 19.7 Å². The lowest BCUT2D eigenvalue weighted by molar-refractivity contribution is 0.265. The first kappa shape index (κ1) is 13.4. The van der Waals surface area contributed by atoms with E-state index in [1.165, 1.54) is 44.3 Å². The third-order valence-electron chi connectivity index (χ3n) is 4.90. The van der Waals surface area contributed by atoms with Crippen LogP contribution in [0.1, 0.15) is 31.2 Å². The topological polar surface area (TPSA) is 21.3 Å². The number of benzene rings is 1. The molecule has 1 aromatic carbocycles. The molecule has 104 valence electrons. The first-order chi connectivity index (χ1) is 9.21. The Morgan fingerprint density at radius 1 is 1.37 bits per heavy atom. The van der Waals surface area contributed by atoms with Gasteiger partial charge in [0, 0.05) is 10.0 Å². The Balaban J connectivity index is 1.48. The Bertz CT molecular complexity index is 454. The summed E-state index contributed by atoms with van der Waals surface area (Å²) >= 11 is 3.55. The summed E-state index contributed by atoms with van der Waals surface area (Å²) in [6.45, 7) is 5.38. The number of ether oxygens (including phenoxy) is 1. The number of hydrogen-bond donors (Lipinski definition) is 1. The van der Waals surface area contributed by atoms with Gasteiger partial charge in [-0.3, -0.25) is 0 Å². The molecule has 1 aromatic rings. The molecule has 1 heterocycles. The highest BCUT2D eigenvalue weighted by Crippen LogP contribution is 2.60. The van der Waals surface area contributed by atoms with Crippen molar-refractivity contribution in [1.82, 2.24) is 5.32 Å². The number of piperidine rings is 1. The average Bonchev–Trinajstić information content (AvgIpc) is 3.07. The molecule has 2 aliphatic rings. The molecule has 0 radical (unpaired) electrons. The predicted octanol–water partition coefficient (Wildman–Crippen LogP) is 3.92. The monoisotopic (exact) mass is 323 g/mol. The number of halogens is 1. The van der Waals surface area contributed by atoms with Crippen LogP contribution >= 0.6 is 15.9 Å². The van der Waals surface area contributed by atoms with Crippen LogP contribution in [0.25, 0.3) is 0 Å². The molecule has 1 saturated carbocycles. The second-order valence-corrected chi connectivity index (χ2v) is 6.87. The second-order valence-electron chi connectivity index (χ2n) is 6.01. The van der Waals surface area contributed by atoms with E-state index in [1.807, 2.05) is 6.07 Å². The number of nitrogens with one attached hydrogen (secondary N) is 1. The molecule has 0 aromatic heterocycles. The van der Waals surface area contributed by atoms with Gasteiger partial charge in [-0.05, 0) is 69.2 Å². The van der Waals surface area contributed by atoms with E-state index in [1.54, 1.807) is 0 Å². The van der Waals surface area contributed by atoms with Gasteiger partial charge in [-0.1, -0.05) is 22.0 Å². The zero-order valence-corrected chi connectivity index (χ0v) is 13.1. The Morgan fingerprint density at radius 2 is 2.16 bits per heavy atom. The first-order valence-corrected chi connectivity index (χ1v) is 8.09. The summed E-state index contributed by atoms with van der Waals surface area (Å²) in [7, 11) is 0. The van der Waals surface area contributed by atoms with Crippen LogP contribution < -0.4 is 10.1 Å². The standard InChI is InChI=1S/C16H22BrNO/c1-12-14(17)3-2-4-15(12)19-10-5-13-11-16(13)6-8-18-9-7-16/h2-4,13,18H,5-11H2,1H3. The highest BCUT2D eigenvalue weighted by Gasteiger charge is 2.52. The average molecular weight is 324 g/mol. The van der Waals surface area contributed by atoms with Crippen molar-refractivity contribution in [3.63, 3.8) is 0 Å². The van der Waals surface area contributed by atoms with Gasteiger partial charge in [-0.25, -0.2) is 0 Å². The molecular formula is C16H22BrNO. The maximum Gasteiger partial charge on any atom is 0.123 e. The molecule has 3 heteroatoms. The van der Waals surface area contributed by atoms with E-state index >= 15 is 0 Å². The van der Waals surface area contributed by atoms with E-state index in [2.05, 4.69) is 40.3 Å². The van der Waals surface area contributed by atoms with E-state index in [4.69, 9.17) is 4.74 Å². The van der Waals surface area contributed by atoms with Crippen LogP contribution in [0.3, 0.4) is 0 Å². The van der Waals surface area contributed by atoms with E-state index in [-0.39, 0.29) is 0 Å².